The van der Waals surface area contributed by atoms with Gasteiger partial charge in [0, 0.05) is 49.2 Å². The summed E-state index contributed by atoms with van der Waals surface area (Å²) in [7, 11) is 5.16. The number of ketones is 2. The number of ether oxygens (including phenoxy) is 5. The minimum Gasteiger partial charge on any atom is -0.458 e. The summed E-state index contributed by atoms with van der Waals surface area (Å²) in [4.78, 5) is 72.6. The fourth-order valence-electron chi connectivity index (χ4n) is 8.99. The van der Waals surface area contributed by atoms with E-state index >= 15 is 0 Å². The number of methoxy groups -OCH3 is 1. The number of esters is 2. The van der Waals surface area contributed by atoms with Crippen LogP contribution in [0.15, 0.2) is 23.7 Å². The fourth-order valence-corrected chi connectivity index (χ4v) is 9.70. The Morgan fingerprint density at radius 1 is 1.05 bits per heavy atom. The van der Waals surface area contributed by atoms with Crippen molar-refractivity contribution in [2.24, 2.45) is 46.4 Å². The maximum atomic E-state index is 14.7. The molecule has 3 aliphatic rings. The van der Waals surface area contributed by atoms with E-state index in [-0.39, 0.29) is 43.2 Å². The molecule has 0 aromatic carbocycles. The first kappa shape index (κ1) is 46.1. The summed E-state index contributed by atoms with van der Waals surface area (Å²) in [6, 6.07) is -0.310. The van der Waals surface area contributed by atoms with Crippen LogP contribution in [0.1, 0.15) is 79.7 Å². The summed E-state index contributed by atoms with van der Waals surface area (Å²) in [5.41, 5.74) is 4.15. The lowest BCUT2D eigenvalue weighted by molar-refractivity contribution is -0.295. The molecule has 0 saturated carbocycles. The lowest BCUT2D eigenvalue weighted by Gasteiger charge is -2.47. The highest BCUT2D eigenvalue weighted by molar-refractivity contribution is 7.14. The molecule has 18 nitrogen and oxygen atoms in total. The highest BCUT2D eigenvalue weighted by Crippen LogP contribution is 2.48. The van der Waals surface area contributed by atoms with Crippen LogP contribution in [0.5, 0.6) is 0 Å². The van der Waals surface area contributed by atoms with Gasteiger partial charge in [-0.05, 0) is 61.1 Å². The van der Waals surface area contributed by atoms with Crippen molar-refractivity contribution in [3.8, 4) is 10.7 Å². The molecule has 19 heteroatoms. The first-order valence-electron chi connectivity index (χ1n) is 20.0. The molecule has 59 heavy (non-hydrogen) atoms. The predicted octanol–water partition coefficient (Wildman–Crippen LogP) is 2.96. The number of hydrogen-bond acceptors (Lipinski definition) is 18. The van der Waals surface area contributed by atoms with Crippen LogP contribution in [0.25, 0.3) is 10.7 Å². The van der Waals surface area contributed by atoms with Gasteiger partial charge in [0.2, 0.25) is 0 Å². The minimum absolute atomic E-state index is 0.0501. The van der Waals surface area contributed by atoms with Crippen molar-refractivity contribution in [1.82, 2.24) is 25.1 Å². The molecular formula is C40H59N7O11S. The van der Waals surface area contributed by atoms with Crippen LogP contribution in [-0.2, 0) is 54.3 Å². The van der Waals surface area contributed by atoms with Crippen LogP contribution in [0.4, 0.5) is 0 Å². The Kier molecular flexibility index (Phi) is 14.6. The number of aliphatic hydroxyl groups is 1. The number of likely N-dealkylation sites (N-methyl/N-ethyl adjacent to an activating group) is 1. The third-order valence-corrected chi connectivity index (χ3v) is 13.2. The molecule has 5 rings (SSSR count). The number of nitrogens with two attached hydrogens (primary N) is 1. The lowest BCUT2D eigenvalue weighted by Crippen LogP contribution is -2.59. The number of Topliss-reactive ketones (excluding diaryl/α,β-unsaturated/α-hetero) is 2. The van der Waals surface area contributed by atoms with Gasteiger partial charge >= 0.3 is 11.9 Å². The van der Waals surface area contributed by atoms with E-state index in [4.69, 9.17) is 34.3 Å². The average molecular weight is 846 g/mol. The Labute approximate surface area is 348 Å². The molecular weight excluding hydrogens is 787 g/mol. The van der Waals surface area contributed by atoms with Gasteiger partial charge in [-0.2, -0.15) is 0 Å². The number of aliphatic hydroxyl groups excluding tert-OH is 1. The molecule has 326 valence electrons. The standard InChI is InChI=1S/C40H59N7O11S/c1-12-26-40(8)29(28(37(52)58-40)34(41)46-54-18-27-44-45-35(59-27)24-17-42-13-14-43-24)21(4)30(48)19(2)16-39(7,53-11)33(22(5)31(49)23(6)36(51)56-26)57-38-32(50)25(47(9)10)15-20(3)55-38/h13-14,17,19-23,25-26,28-29,32-33,38,50H,12,15-16,18H2,1-11H3,(H2,41,46)/t19-,20-,21-,22+,23-,25+,26+,28-,29+,32-,33-,38?,39-,40-/m1/s1. The van der Waals surface area contributed by atoms with Crippen molar-refractivity contribution in [2.45, 2.75) is 129 Å². The minimum atomic E-state index is -1.57. The molecule has 0 aliphatic carbocycles. The SMILES string of the molecule is CC[C@@H]1OC(=O)[C@H](C)C(=O)[C@H](C)[C@@H](OC2O[C@H](C)C[C@H](N(C)C)[C@H]2O)[C@](C)(OC)C[C@@H](C)C(=O)[C@H](C)[C@H]2[C@H](/C(N)=N/OCc3nnc(-c4cnccn4)s3)C(=O)O[C@@]21C. The van der Waals surface area contributed by atoms with Gasteiger partial charge in [-0.15, -0.1) is 10.2 Å². The highest BCUT2D eigenvalue weighted by Gasteiger charge is 2.62. The van der Waals surface area contributed by atoms with Crippen LogP contribution in [-0.4, -0.2) is 129 Å². The number of carbonyl (C=O) groups excluding carboxylic acids is 4. The van der Waals surface area contributed by atoms with Crippen LogP contribution in [0.2, 0.25) is 0 Å². The summed E-state index contributed by atoms with van der Waals surface area (Å²) < 4.78 is 31.0. The van der Waals surface area contributed by atoms with Gasteiger partial charge in [-0.1, -0.05) is 44.2 Å². The van der Waals surface area contributed by atoms with Crippen molar-refractivity contribution in [2.75, 3.05) is 21.2 Å². The Morgan fingerprint density at radius 3 is 2.39 bits per heavy atom. The molecule has 1 unspecified atom stereocenters. The Balaban J connectivity index is 1.49. The van der Waals surface area contributed by atoms with Crippen LogP contribution in [0, 0.1) is 35.5 Å². The zero-order chi connectivity index (χ0) is 43.6. The second-order valence-electron chi connectivity index (χ2n) is 16.7. The number of hydrogen-bond donors (Lipinski definition) is 2. The first-order valence-corrected chi connectivity index (χ1v) is 20.8. The number of cyclic esters (lactones) is 1. The molecule has 0 amide bonds. The average Bonchev–Trinajstić information content (AvgIpc) is 3.79. The predicted molar refractivity (Wildman–Crippen MR) is 213 cm³/mol. The summed E-state index contributed by atoms with van der Waals surface area (Å²) in [6.45, 7) is 13.3. The van der Waals surface area contributed by atoms with Crippen LogP contribution in [0.3, 0.4) is 0 Å². The van der Waals surface area contributed by atoms with Gasteiger partial charge in [0.15, 0.2) is 40.1 Å². The summed E-state index contributed by atoms with van der Waals surface area (Å²) in [5.74, 6) is -8.89. The number of nitrogens with zero attached hydrogens (tertiary/aromatic N) is 6. The molecule has 3 saturated heterocycles. The number of amidine groups is 1. The van der Waals surface area contributed by atoms with E-state index in [0.717, 1.165) is 0 Å². The zero-order valence-electron chi connectivity index (χ0n) is 35.7. The molecule has 2 aromatic heterocycles. The molecule has 14 atom stereocenters. The van der Waals surface area contributed by atoms with E-state index in [9.17, 15) is 24.3 Å². The van der Waals surface area contributed by atoms with Crippen LogP contribution >= 0.6 is 11.3 Å². The zero-order valence-corrected chi connectivity index (χ0v) is 36.5. The largest absolute Gasteiger partial charge is 0.458 e. The Morgan fingerprint density at radius 2 is 1.76 bits per heavy atom. The van der Waals surface area contributed by atoms with Gasteiger partial charge in [-0.25, -0.2) is 0 Å². The smallest absolute Gasteiger partial charge is 0.317 e. The molecule has 3 aliphatic heterocycles. The molecule has 5 heterocycles. The Hall–Kier alpha value is -4.01. The van der Waals surface area contributed by atoms with Crippen molar-refractivity contribution in [3.63, 3.8) is 0 Å². The van der Waals surface area contributed by atoms with E-state index in [1.807, 2.05) is 25.9 Å². The molecule has 0 spiro atoms. The molecule has 3 fully saturated rings. The van der Waals surface area contributed by atoms with Crippen molar-refractivity contribution < 1.29 is 52.8 Å². The van der Waals surface area contributed by atoms with Crippen molar-refractivity contribution in [3.05, 3.63) is 23.6 Å². The second-order valence-corrected chi connectivity index (χ2v) is 17.7. The molecule has 0 radical (unpaired) electrons. The quantitative estimate of drug-likeness (QED) is 0.115. The van der Waals surface area contributed by atoms with E-state index in [1.54, 1.807) is 53.9 Å². The summed E-state index contributed by atoms with van der Waals surface area (Å²) in [5, 5.41) is 24.7. The maximum Gasteiger partial charge on any atom is 0.317 e. The second kappa shape index (κ2) is 18.7. The summed E-state index contributed by atoms with van der Waals surface area (Å²) >= 11 is 1.21. The molecule has 2 aromatic rings. The summed E-state index contributed by atoms with van der Waals surface area (Å²) in [6.07, 6.45) is 0.677. The van der Waals surface area contributed by atoms with E-state index in [2.05, 4.69) is 25.3 Å². The van der Waals surface area contributed by atoms with Gasteiger partial charge in [-0.3, -0.25) is 29.1 Å². The Bertz CT molecular complexity index is 1850. The topological polar surface area (TPSA) is 237 Å². The van der Waals surface area contributed by atoms with E-state index in [1.165, 1.54) is 31.6 Å². The monoisotopic (exact) mass is 845 g/mol. The van der Waals surface area contributed by atoms with E-state index in [0.29, 0.717) is 22.1 Å². The number of carbonyl (C=O) groups is 4. The number of oxime groups is 1. The van der Waals surface area contributed by atoms with Gasteiger partial charge in [0.1, 0.15) is 35.5 Å². The van der Waals surface area contributed by atoms with Gasteiger partial charge < -0.3 is 44.3 Å². The lowest BCUT2D eigenvalue weighted by atomic mass is 9.67. The molecule has 0 bridgehead atoms. The fraction of sp³-hybridized carbons (Fsp3) is 0.725. The third-order valence-electron chi connectivity index (χ3n) is 12.3. The van der Waals surface area contributed by atoms with Gasteiger partial charge in [0.25, 0.3) is 0 Å². The van der Waals surface area contributed by atoms with E-state index < -0.39 is 89.0 Å². The number of rotatable bonds is 10. The third kappa shape index (κ3) is 9.49. The number of fused-ring (bicyclic) bond motifs is 1. The highest BCUT2D eigenvalue weighted by atomic mass is 32.1. The van der Waals surface area contributed by atoms with Gasteiger partial charge in [0.05, 0.1) is 24.0 Å². The van der Waals surface area contributed by atoms with Crippen molar-refractivity contribution >= 4 is 40.7 Å². The van der Waals surface area contributed by atoms with Crippen molar-refractivity contribution in [1.29, 1.82) is 0 Å². The first-order chi connectivity index (χ1) is 27.8. The maximum absolute atomic E-state index is 14.7. The van der Waals surface area contributed by atoms with Crippen LogP contribution < -0.4 is 5.73 Å². The normalized spacial score (nSPS) is 37.7. The number of aromatic nitrogens is 4. The molecule has 3 N–H and O–H groups in total.